The molecule has 0 radical (unpaired) electrons. The molecule has 1 rings (SSSR count). The van der Waals surface area contributed by atoms with E-state index >= 15 is 0 Å². The molecule has 0 spiro atoms. The highest BCUT2D eigenvalue weighted by Crippen LogP contribution is 2.43. The van der Waals surface area contributed by atoms with Crippen molar-refractivity contribution in [3.63, 3.8) is 0 Å². The lowest BCUT2D eigenvalue weighted by molar-refractivity contribution is 0.00350. The van der Waals surface area contributed by atoms with Crippen molar-refractivity contribution < 1.29 is 8.78 Å². The maximum absolute atomic E-state index is 13.1. The molecule has 0 heterocycles. The predicted octanol–water partition coefficient (Wildman–Crippen LogP) is 4.00. The molecule has 1 aliphatic rings. The Morgan fingerprint density at radius 3 is 2.59 bits per heavy atom. The van der Waals surface area contributed by atoms with Crippen LogP contribution in [0.2, 0.25) is 0 Å². The van der Waals surface area contributed by atoms with Gasteiger partial charge in [-0.05, 0) is 24.2 Å². The van der Waals surface area contributed by atoms with E-state index in [-0.39, 0.29) is 24.2 Å². The van der Waals surface area contributed by atoms with E-state index in [1.165, 1.54) is 0 Å². The largest absolute Gasteiger partial charge is 0.314 e. The Labute approximate surface area is 104 Å². The normalized spacial score (nSPS) is 27.1. The predicted molar refractivity (Wildman–Crippen MR) is 68.3 cm³/mol. The third-order valence-corrected chi connectivity index (χ3v) is 3.67. The summed E-state index contributed by atoms with van der Waals surface area (Å²) >= 11 is 0. The summed E-state index contributed by atoms with van der Waals surface area (Å²) in [5.74, 6) is -2.29. The van der Waals surface area contributed by atoms with Crippen molar-refractivity contribution in [1.29, 1.82) is 0 Å². The van der Waals surface area contributed by atoms with Crippen molar-refractivity contribution in [2.75, 3.05) is 6.54 Å². The number of alkyl halides is 2. The van der Waals surface area contributed by atoms with Crippen LogP contribution in [0.25, 0.3) is 0 Å². The highest BCUT2D eigenvalue weighted by atomic mass is 19.3. The Bertz CT molecular complexity index is 263. The summed E-state index contributed by atoms with van der Waals surface area (Å²) in [5, 5.41) is 3.37. The number of hydrogen-bond donors (Lipinski definition) is 1. The van der Waals surface area contributed by atoms with Crippen LogP contribution in [-0.4, -0.2) is 18.5 Å². The lowest BCUT2D eigenvalue weighted by Gasteiger charge is -2.30. The summed E-state index contributed by atoms with van der Waals surface area (Å²) in [7, 11) is 0. The molecule has 0 bridgehead atoms. The Morgan fingerprint density at radius 1 is 1.53 bits per heavy atom. The van der Waals surface area contributed by atoms with Crippen LogP contribution in [0.15, 0.2) is 12.7 Å². The van der Waals surface area contributed by atoms with E-state index in [9.17, 15) is 8.78 Å². The van der Waals surface area contributed by atoms with Crippen molar-refractivity contribution >= 4 is 0 Å². The summed E-state index contributed by atoms with van der Waals surface area (Å²) in [6.07, 6.45) is 3.49. The molecule has 1 N–H and O–H groups in total. The fourth-order valence-electron chi connectivity index (χ4n) is 2.54. The van der Waals surface area contributed by atoms with Crippen LogP contribution in [0.3, 0.4) is 0 Å². The van der Waals surface area contributed by atoms with E-state index in [0.29, 0.717) is 12.5 Å². The van der Waals surface area contributed by atoms with Crippen LogP contribution < -0.4 is 5.32 Å². The van der Waals surface area contributed by atoms with Gasteiger partial charge < -0.3 is 5.32 Å². The molecule has 2 unspecified atom stereocenters. The van der Waals surface area contributed by atoms with E-state index in [1.807, 2.05) is 6.08 Å². The molecule has 0 saturated heterocycles. The summed E-state index contributed by atoms with van der Waals surface area (Å²) in [4.78, 5) is 0. The molecule has 0 aliphatic heterocycles. The molecular weight excluding hydrogens is 220 g/mol. The van der Waals surface area contributed by atoms with Crippen LogP contribution in [0.5, 0.6) is 0 Å². The maximum atomic E-state index is 13.1. The Morgan fingerprint density at radius 2 is 2.18 bits per heavy atom. The van der Waals surface area contributed by atoms with Crippen molar-refractivity contribution in [2.45, 2.75) is 58.4 Å². The Balaban J connectivity index is 2.48. The zero-order chi connectivity index (χ0) is 13.1. The standard InChI is InChI=1S/C14H25F2N/c1-5-13(4,10-17-11(2)3)8-12-6-7-14(15,16)9-12/h5,11-12,17H,1,6-10H2,2-4H3. The Kier molecular flexibility index (Phi) is 4.70. The molecule has 0 aromatic carbocycles. The first kappa shape index (κ1) is 14.6. The van der Waals surface area contributed by atoms with Crippen molar-refractivity contribution in [2.24, 2.45) is 11.3 Å². The zero-order valence-electron chi connectivity index (χ0n) is 11.2. The van der Waals surface area contributed by atoms with Crippen molar-refractivity contribution in [3.05, 3.63) is 12.7 Å². The average Bonchev–Trinajstić information content (AvgIpc) is 2.55. The van der Waals surface area contributed by atoms with Gasteiger partial charge in [-0.15, -0.1) is 6.58 Å². The van der Waals surface area contributed by atoms with Gasteiger partial charge in [-0.25, -0.2) is 8.78 Å². The highest BCUT2D eigenvalue weighted by molar-refractivity contribution is 4.97. The average molecular weight is 245 g/mol. The summed E-state index contributed by atoms with van der Waals surface area (Å²) in [5.41, 5.74) is -0.0741. The smallest absolute Gasteiger partial charge is 0.248 e. The second-order valence-electron chi connectivity index (χ2n) is 6.06. The maximum Gasteiger partial charge on any atom is 0.248 e. The fourth-order valence-corrected chi connectivity index (χ4v) is 2.54. The number of rotatable bonds is 6. The molecule has 100 valence electrons. The summed E-state index contributed by atoms with van der Waals surface area (Å²) < 4.78 is 26.3. The fraction of sp³-hybridized carbons (Fsp3) is 0.857. The number of halogens is 2. The lowest BCUT2D eigenvalue weighted by atomic mass is 9.80. The van der Waals surface area contributed by atoms with Gasteiger partial charge in [0.05, 0.1) is 0 Å². The van der Waals surface area contributed by atoms with Crippen LogP contribution >= 0.6 is 0 Å². The SMILES string of the molecule is C=CC(C)(CNC(C)C)CC1CCC(F)(F)C1. The van der Waals surface area contributed by atoms with Crippen LogP contribution in [0.4, 0.5) is 8.78 Å². The molecule has 1 nitrogen and oxygen atoms in total. The molecule has 0 aromatic rings. The van der Waals surface area contributed by atoms with Crippen LogP contribution in [-0.2, 0) is 0 Å². The quantitative estimate of drug-likeness (QED) is 0.697. The molecule has 3 heteroatoms. The molecule has 1 fully saturated rings. The molecule has 1 saturated carbocycles. The van der Waals surface area contributed by atoms with Crippen molar-refractivity contribution in [1.82, 2.24) is 5.32 Å². The minimum absolute atomic E-state index is 0.0537. The minimum atomic E-state index is -2.43. The summed E-state index contributed by atoms with van der Waals surface area (Å²) in [6, 6.07) is 0.416. The first-order chi connectivity index (χ1) is 7.76. The zero-order valence-corrected chi connectivity index (χ0v) is 11.2. The van der Waals surface area contributed by atoms with Gasteiger partial charge in [-0.3, -0.25) is 0 Å². The monoisotopic (exact) mass is 245 g/mol. The van der Waals surface area contributed by atoms with Gasteiger partial charge in [0.2, 0.25) is 5.92 Å². The lowest BCUT2D eigenvalue weighted by Crippen LogP contribution is -2.35. The van der Waals surface area contributed by atoms with E-state index in [0.717, 1.165) is 13.0 Å². The molecule has 17 heavy (non-hydrogen) atoms. The van der Waals surface area contributed by atoms with Gasteiger partial charge in [0.25, 0.3) is 0 Å². The van der Waals surface area contributed by atoms with E-state index in [1.54, 1.807) is 0 Å². The third kappa shape index (κ3) is 4.74. The number of nitrogens with one attached hydrogen (secondary N) is 1. The van der Waals surface area contributed by atoms with Crippen LogP contribution in [0.1, 0.15) is 46.5 Å². The molecule has 1 aliphatic carbocycles. The molecule has 0 amide bonds. The van der Waals surface area contributed by atoms with E-state index in [4.69, 9.17) is 0 Å². The van der Waals surface area contributed by atoms with Crippen LogP contribution in [0, 0.1) is 11.3 Å². The van der Waals surface area contributed by atoms with Gasteiger partial charge >= 0.3 is 0 Å². The molecule has 2 atom stereocenters. The van der Waals surface area contributed by atoms with Gasteiger partial charge in [-0.1, -0.05) is 26.8 Å². The van der Waals surface area contributed by atoms with Crippen molar-refractivity contribution in [3.8, 4) is 0 Å². The second-order valence-corrected chi connectivity index (χ2v) is 6.06. The third-order valence-electron chi connectivity index (χ3n) is 3.67. The van der Waals surface area contributed by atoms with Gasteiger partial charge in [0.1, 0.15) is 0 Å². The summed E-state index contributed by atoms with van der Waals surface area (Å²) in [6.45, 7) is 11.0. The first-order valence-corrected chi connectivity index (χ1v) is 6.51. The van der Waals surface area contributed by atoms with Gasteiger partial charge in [0, 0.05) is 25.4 Å². The molecular formula is C14H25F2N. The molecule has 0 aromatic heterocycles. The first-order valence-electron chi connectivity index (χ1n) is 6.51. The van der Waals surface area contributed by atoms with E-state index in [2.05, 4.69) is 32.7 Å². The Hall–Kier alpha value is -0.440. The van der Waals surface area contributed by atoms with E-state index < -0.39 is 5.92 Å². The highest BCUT2D eigenvalue weighted by Gasteiger charge is 2.41. The number of hydrogen-bond acceptors (Lipinski definition) is 1. The minimum Gasteiger partial charge on any atom is -0.314 e. The second kappa shape index (κ2) is 5.47. The van der Waals surface area contributed by atoms with Gasteiger partial charge in [0.15, 0.2) is 0 Å². The van der Waals surface area contributed by atoms with Gasteiger partial charge in [-0.2, -0.15) is 0 Å². The topological polar surface area (TPSA) is 12.0 Å².